The van der Waals surface area contributed by atoms with Crippen LogP contribution in [0.2, 0.25) is 0 Å². The molecule has 1 aromatic carbocycles. The van der Waals surface area contributed by atoms with Crippen molar-refractivity contribution in [2.24, 2.45) is 0 Å². The lowest BCUT2D eigenvalue weighted by Gasteiger charge is -1.99. The molecule has 2 aromatic heterocycles. The topological polar surface area (TPSA) is 59.1 Å². The van der Waals surface area contributed by atoms with Crippen molar-refractivity contribution >= 4 is 27.2 Å². The van der Waals surface area contributed by atoms with Gasteiger partial charge in [-0.1, -0.05) is 30.3 Å². The summed E-state index contributed by atoms with van der Waals surface area (Å²) in [5, 5.41) is 10.4. The maximum atomic E-state index is 9.80. The average molecular weight is 242 g/mol. The number of fused-ring (bicyclic) bond motifs is 1. The molecule has 0 aliphatic rings. The van der Waals surface area contributed by atoms with Gasteiger partial charge in [0.2, 0.25) is 0 Å². The fourth-order valence-electron chi connectivity index (χ4n) is 1.83. The van der Waals surface area contributed by atoms with Crippen LogP contribution in [-0.2, 0) is 0 Å². The second kappa shape index (κ2) is 3.75. The highest BCUT2D eigenvalue weighted by Gasteiger charge is 2.14. The quantitative estimate of drug-likeness (QED) is 0.688. The van der Waals surface area contributed by atoms with E-state index in [0.717, 1.165) is 15.3 Å². The van der Waals surface area contributed by atoms with Gasteiger partial charge < -0.3 is 10.8 Å². The van der Waals surface area contributed by atoms with Crippen molar-refractivity contribution in [1.82, 2.24) is 4.98 Å². The standard InChI is InChI=1S/C13H10N2OS/c14-11-10-9(16)6-7-15-13(10)17-12(11)8-4-2-1-3-5-8/h1-7H,14H2,(H,15,16). The first kappa shape index (κ1) is 10.1. The Kier molecular flexibility index (Phi) is 2.23. The minimum Gasteiger partial charge on any atom is -0.507 e. The van der Waals surface area contributed by atoms with Crippen molar-refractivity contribution in [3.63, 3.8) is 0 Å². The number of rotatable bonds is 1. The summed E-state index contributed by atoms with van der Waals surface area (Å²) >= 11 is 1.50. The number of anilines is 1. The fourth-order valence-corrected chi connectivity index (χ4v) is 2.92. The summed E-state index contributed by atoms with van der Waals surface area (Å²) in [7, 11) is 0. The van der Waals surface area contributed by atoms with Crippen LogP contribution in [0.3, 0.4) is 0 Å². The molecular formula is C13H10N2OS. The van der Waals surface area contributed by atoms with Crippen LogP contribution in [0, 0.1) is 0 Å². The lowest BCUT2D eigenvalue weighted by Crippen LogP contribution is -1.85. The minimum absolute atomic E-state index is 0.186. The van der Waals surface area contributed by atoms with Gasteiger partial charge in [0.25, 0.3) is 0 Å². The Bertz CT molecular complexity index is 676. The molecule has 3 aromatic rings. The van der Waals surface area contributed by atoms with E-state index in [9.17, 15) is 5.11 Å². The van der Waals surface area contributed by atoms with Crippen LogP contribution >= 0.6 is 11.3 Å². The molecule has 0 spiro atoms. The smallest absolute Gasteiger partial charge is 0.129 e. The number of hydrogen-bond acceptors (Lipinski definition) is 4. The van der Waals surface area contributed by atoms with E-state index < -0.39 is 0 Å². The first-order valence-corrected chi connectivity index (χ1v) is 6.00. The highest BCUT2D eigenvalue weighted by Crippen LogP contribution is 2.42. The first-order valence-electron chi connectivity index (χ1n) is 5.19. The van der Waals surface area contributed by atoms with Gasteiger partial charge in [0.05, 0.1) is 16.0 Å². The number of nitrogens with zero attached hydrogens (tertiary/aromatic N) is 1. The van der Waals surface area contributed by atoms with Crippen molar-refractivity contribution in [2.75, 3.05) is 5.73 Å². The molecule has 3 nitrogen and oxygen atoms in total. The highest BCUT2D eigenvalue weighted by molar-refractivity contribution is 7.22. The van der Waals surface area contributed by atoms with E-state index in [1.54, 1.807) is 12.3 Å². The molecule has 0 aliphatic heterocycles. The summed E-state index contributed by atoms with van der Waals surface area (Å²) in [6, 6.07) is 11.4. The van der Waals surface area contributed by atoms with Gasteiger partial charge in [0.1, 0.15) is 10.6 Å². The van der Waals surface area contributed by atoms with E-state index in [2.05, 4.69) is 4.98 Å². The molecule has 0 aliphatic carbocycles. The maximum Gasteiger partial charge on any atom is 0.129 e. The number of benzene rings is 1. The number of nitrogens with two attached hydrogens (primary N) is 1. The Balaban J connectivity index is 2.33. The third kappa shape index (κ3) is 1.54. The zero-order chi connectivity index (χ0) is 11.8. The molecule has 2 heterocycles. The molecule has 0 atom stereocenters. The molecule has 3 N–H and O–H groups in total. The Morgan fingerprint density at radius 3 is 2.59 bits per heavy atom. The van der Waals surface area contributed by atoms with Crippen LogP contribution in [0.15, 0.2) is 42.6 Å². The molecule has 0 unspecified atom stereocenters. The number of aromatic hydroxyl groups is 1. The van der Waals surface area contributed by atoms with E-state index in [1.165, 1.54) is 11.3 Å². The highest BCUT2D eigenvalue weighted by atomic mass is 32.1. The summed E-state index contributed by atoms with van der Waals surface area (Å²) in [4.78, 5) is 5.95. The van der Waals surface area contributed by atoms with E-state index in [4.69, 9.17) is 5.73 Å². The predicted molar refractivity (Wildman–Crippen MR) is 71.1 cm³/mol. The Morgan fingerprint density at radius 2 is 1.88 bits per heavy atom. The van der Waals surface area contributed by atoms with Crippen LogP contribution in [0.4, 0.5) is 5.69 Å². The van der Waals surface area contributed by atoms with E-state index in [-0.39, 0.29) is 5.75 Å². The van der Waals surface area contributed by atoms with Crippen LogP contribution in [-0.4, -0.2) is 10.1 Å². The SMILES string of the molecule is Nc1c(-c2ccccc2)sc2nccc(O)c12. The van der Waals surface area contributed by atoms with Gasteiger partial charge in [-0.2, -0.15) is 0 Å². The number of nitrogen functional groups attached to an aromatic ring is 1. The van der Waals surface area contributed by atoms with Crippen molar-refractivity contribution < 1.29 is 5.11 Å². The number of pyridine rings is 1. The summed E-state index contributed by atoms with van der Waals surface area (Å²) in [5.74, 6) is 0.186. The average Bonchev–Trinajstić information content (AvgIpc) is 2.69. The van der Waals surface area contributed by atoms with Gasteiger partial charge in [-0.3, -0.25) is 0 Å². The van der Waals surface area contributed by atoms with Crippen LogP contribution in [0.5, 0.6) is 5.75 Å². The first-order chi connectivity index (χ1) is 8.27. The molecule has 0 bridgehead atoms. The van der Waals surface area contributed by atoms with Crippen LogP contribution in [0.25, 0.3) is 20.7 Å². The Labute approximate surface area is 102 Å². The Hall–Kier alpha value is -2.07. The monoisotopic (exact) mass is 242 g/mol. The van der Waals surface area contributed by atoms with Gasteiger partial charge in [0, 0.05) is 6.20 Å². The Morgan fingerprint density at radius 1 is 1.12 bits per heavy atom. The molecule has 0 fully saturated rings. The second-order valence-corrected chi connectivity index (χ2v) is 4.72. The molecule has 84 valence electrons. The largest absolute Gasteiger partial charge is 0.507 e. The second-order valence-electron chi connectivity index (χ2n) is 3.72. The molecule has 3 rings (SSSR count). The zero-order valence-electron chi connectivity index (χ0n) is 8.92. The molecule has 0 saturated heterocycles. The van der Waals surface area contributed by atoms with Crippen molar-refractivity contribution in [2.45, 2.75) is 0 Å². The van der Waals surface area contributed by atoms with Crippen LogP contribution in [0.1, 0.15) is 0 Å². The third-order valence-corrected chi connectivity index (χ3v) is 3.81. The van der Waals surface area contributed by atoms with E-state index >= 15 is 0 Å². The summed E-state index contributed by atoms with van der Waals surface area (Å²) in [5.41, 5.74) is 7.73. The minimum atomic E-state index is 0.186. The third-order valence-electron chi connectivity index (χ3n) is 2.64. The predicted octanol–water partition coefficient (Wildman–Crippen LogP) is 3.25. The molecular weight excluding hydrogens is 232 g/mol. The van der Waals surface area contributed by atoms with Crippen molar-refractivity contribution in [3.05, 3.63) is 42.6 Å². The maximum absolute atomic E-state index is 9.80. The molecule has 4 heteroatoms. The van der Waals surface area contributed by atoms with Gasteiger partial charge in [-0.15, -0.1) is 11.3 Å². The van der Waals surface area contributed by atoms with Crippen molar-refractivity contribution in [3.8, 4) is 16.2 Å². The number of hydrogen-bond donors (Lipinski definition) is 2. The van der Waals surface area contributed by atoms with Gasteiger partial charge in [-0.05, 0) is 11.6 Å². The zero-order valence-corrected chi connectivity index (χ0v) is 9.74. The summed E-state index contributed by atoms with van der Waals surface area (Å²) in [6.45, 7) is 0. The lowest BCUT2D eigenvalue weighted by molar-refractivity contribution is 0.481. The normalized spacial score (nSPS) is 10.8. The fraction of sp³-hybridized carbons (Fsp3) is 0. The molecule has 17 heavy (non-hydrogen) atoms. The lowest BCUT2D eigenvalue weighted by atomic mass is 10.1. The van der Waals surface area contributed by atoms with Gasteiger partial charge in [-0.25, -0.2) is 4.98 Å². The molecule has 0 amide bonds. The molecule has 0 saturated carbocycles. The van der Waals surface area contributed by atoms with Gasteiger partial charge >= 0.3 is 0 Å². The summed E-state index contributed by atoms with van der Waals surface area (Å²) in [6.07, 6.45) is 1.59. The van der Waals surface area contributed by atoms with Gasteiger partial charge in [0.15, 0.2) is 0 Å². The van der Waals surface area contributed by atoms with Crippen molar-refractivity contribution in [1.29, 1.82) is 0 Å². The van der Waals surface area contributed by atoms with E-state index in [1.807, 2.05) is 30.3 Å². The molecule has 0 radical (unpaired) electrons. The van der Waals surface area contributed by atoms with Crippen LogP contribution < -0.4 is 5.73 Å². The number of aromatic nitrogens is 1. The van der Waals surface area contributed by atoms with E-state index in [0.29, 0.717) is 11.1 Å². The summed E-state index contributed by atoms with van der Waals surface area (Å²) < 4.78 is 0. The number of thiophene rings is 1.